The lowest BCUT2D eigenvalue weighted by Gasteiger charge is -2.34. The van der Waals surface area contributed by atoms with Gasteiger partial charge in [-0.2, -0.15) is 0 Å². The first-order valence-corrected chi connectivity index (χ1v) is 7.81. The van der Waals surface area contributed by atoms with E-state index in [4.69, 9.17) is 5.73 Å². The van der Waals surface area contributed by atoms with Gasteiger partial charge in [-0.1, -0.05) is 13.3 Å². The van der Waals surface area contributed by atoms with Crippen LogP contribution in [0.3, 0.4) is 0 Å². The quantitative estimate of drug-likeness (QED) is 0.811. The van der Waals surface area contributed by atoms with E-state index in [2.05, 4.69) is 24.2 Å². The number of hydrogen-bond acceptors (Lipinski definition) is 3. The fourth-order valence-electron chi connectivity index (χ4n) is 3.36. The molecule has 0 aromatic carbocycles. The third-order valence-electron chi connectivity index (χ3n) is 5.06. The molecule has 4 heteroatoms. The molecule has 0 radical (unpaired) electrons. The Balaban J connectivity index is 1.75. The van der Waals surface area contributed by atoms with Crippen LogP contribution in [-0.4, -0.2) is 43.0 Å². The summed E-state index contributed by atoms with van der Waals surface area (Å²) >= 11 is 0. The Morgan fingerprint density at radius 1 is 1.32 bits per heavy atom. The van der Waals surface area contributed by atoms with Crippen LogP contribution in [0.25, 0.3) is 0 Å². The summed E-state index contributed by atoms with van der Waals surface area (Å²) in [5.41, 5.74) is 6.08. The number of nitrogens with zero attached hydrogens (tertiary/aromatic N) is 1. The van der Waals surface area contributed by atoms with Gasteiger partial charge in [-0.05, 0) is 51.6 Å². The predicted octanol–water partition coefficient (Wildman–Crippen LogP) is 1.35. The summed E-state index contributed by atoms with van der Waals surface area (Å²) in [4.78, 5) is 14.6. The smallest absolute Gasteiger partial charge is 0.223 e. The molecule has 0 spiro atoms. The van der Waals surface area contributed by atoms with Gasteiger partial charge in [0.05, 0.1) is 0 Å². The lowest BCUT2D eigenvalue weighted by Crippen LogP contribution is -2.47. The number of likely N-dealkylation sites (tertiary alicyclic amines) is 1. The number of nitrogens with two attached hydrogens (primary N) is 1. The molecule has 0 aromatic heterocycles. The molecule has 1 aliphatic heterocycles. The van der Waals surface area contributed by atoms with Gasteiger partial charge in [-0.25, -0.2) is 0 Å². The molecule has 4 atom stereocenters. The highest BCUT2D eigenvalue weighted by atomic mass is 16.1. The number of likely N-dealkylation sites (N-methyl/N-ethyl adjacent to an activating group) is 1. The molecule has 19 heavy (non-hydrogen) atoms. The molecule has 2 fully saturated rings. The zero-order chi connectivity index (χ0) is 13.8. The van der Waals surface area contributed by atoms with Crippen molar-refractivity contribution < 1.29 is 4.79 Å². The van der Waals surface area contributed by atoms with Gasteiger partial charge in [-0.15, -0.1) is 0 Å². The third-order valence-corrected chi connectivity index (χ3v) is 5.06. The Kier molecular flexibility index (Phi) is 5.22. The van der Waals surface area contributed by atoms with Crippen molar-refractivity contribution in [1.29, 1.82) is 0 Å². The Bertz CT molecular complexity index is 308. The summed E-state index contributed by atoms with van der Waals surface area (Å²) in [5, 5.41) is 3.15. The molecule has 3 N–H and O–H groups in total. The fourth-order valence-corrected chi connectivity index (χ4v) is 3.36. The van der Waals surface area contributed by atoms with Crippen LogP contribution in [0.2, 0.25) is 0 Å². The highest BCUT2D eigenvalue weighted by molar-refractivity contribution is 5.78. The van der Waals surface area contributed by atoms with Crippen LogP contribution >= 0.6 is 0 Å². The van der Waals surface area contributed by atoms with Crippen LogP contribution in [0.1, 0.15) is 45.4 Å². The van der Waals surface area contributed by atoms with Crippen molar-refractivity contribution in [2.75, 3.05) is 20.1 Å². The van der Waals surface area contributed by atoms with E-state index in [0.29, 0.717) is 12.0 Å². The van der Waals surface area contributed by atoms with E-state index >= 15 is 0 Å². The monoisotopic (exact) mass is 267 g/mol. The zero-order valence-electron chi connectivity index (χ0n) is 12.4. The Hall–Kier alpha value is -0.610. The van der Waals surface area contributed by atoms with Crippen LogP contribution in [0, 0.1) is 11.8 Å². The second kappa shape index (κ2) is 6.71. The van der Waals surface area contributed by atoms with Crippen LogP contribution < -0.4 is 11.1 Å². The van der Waals surface area contributed by atoms with Crippen molar-refractivity contribution in [3.05, 3.63) is 0 Å². The van der Waals surface area contributed by atoms with Gasteiger partial charge in [0, 0.05) is 24.5 Å². The SMILES string of the molecule is CC1CCC(C(=O)NCC2CCCCN2C)CC1N. The Morgan fingerprint density at radius 2 is 2.11 bits per heavy atom. The number of nitrogens with one attached hydrogen (secondary N) is 1. The Labute approximate surface area is 117 Å². The van der Waals surface area contributed by atoms with Crippen molar-refractivity contribution >= 4 is 5.91 Å². The van der Waals surface area contributed by atoms with Crippen LogP contribution in [0.5, 0.6) is 0 Å². The molecule has 2 aliphatic rings. The van der Waals surface area contributed by atoms with Crippen molar-refractivity contribution in [2.24, 2.45) is 17.6 Å². The van der Waals surface area contributed by atoms with E-state index in [1.807, 2.05) is 0 Å². The maximum atomic E-state index is 12.2. The summed E-state index contributed by atoms with van der Waals surface area (Å²) in [7, 11) is 2.16. The first-order valence-electron chi connectivity index (χ1n) is 7.81. The van der Waals surface area contributed by atoms with Gasteiger partial charge < -0.3 is 16.0 Å². The number of piperidine rings is 1. The molecule has 1 heterocycles. The highest BCUT2D eigenvalue weighted by Crippen LogP contribution is 2.27. The van der Waals surface area contributed by atoms with Crippen molar-refractivity contribution in [3.63, 3.8) is 0 Å². The zero-order valence-corrected chi connectivity index (χ0v) is 12.4. The van der Waals surface area contributed by atoms with Gasteiger partial charge in [0.15, 0.2) is 0 Å². The average Bonchev–Trinajstić information content (AvgIpc) is 2.40. The summed E-state index contributed by atoms with van der Waals surface area (Å²) in [5.74, 6) is 0.926. The molecule has 4 nitrogen and oxygen atoms in total. The van der Waals surface area contributed by atoms with Gasteiger partial charge in [0.2, 0.25) is 5.91 Å². The average molecular weight is 267 g/mol. The van der Waals surface area contributed by atoms with Gasteiger partial charge in [-0.3, -0.25) is 4.79 Å². The lowest BCUT2D eigenvalue weighted by molar-refractivity contribution is -0.126. The van der Waals surface area contributed by atoms with E-state index in [0.717, 1.165) is 32.4 Å². The summed E-state index contributed by atoms with van der Waals surface area (Å²) < 4.78 is 0. The molecule has 2 rings (SSSR count). The van der Waals surface area contributed by atoms with Crippen LogP contribution in [-0.2, 0) is 4.79 Å². The highest BCUT2D eigenvalue weighted by Gasteiger charge is 2.30. The van der Waals surface area contributed by atoms with E-state index < -0.39 is 0 Å². The van der Waals surface area contributed by atoms with Crippen molar-refractivity contribution in [3.8, 4) is 0 Å². The normalized spacial score (nSPS) is 37.0. The summed E-state index contributed by atoms with van der Waals surface area (Å²) in [6, 6.07) is 0.718. The second-order valence-electron chi connectivity index (χ2n) is 6.53. The summed E-state index contributed by atoms with van der Waals surface area (Å²) in [6.45, 7) is 4.15. The molecule has 0 aromatic rings. The summed E-state index contributed by atoms with van der Waals surface area (Å²) in [6.07, 6.45) is 6.72. The number of carbonyl (C=O) groups is 1. The molecule has 1 saturated carbocycles. The van der Waals surface area contributed by atoms with Gasteiger partial charge in [0.25, 0.3) is 0 Å². The maximum absolute atomic E-state index is 12.2. The predicted molar refractivity (Wildman–Crippen MR) is 77.8 cm³/mol. The fraction of sp³-hybridized carbons (Fsp3) is 0.933. The lowest BCUT2D eigenvalue weighted by atomic mass is 9.79. The van der Waals surface area contributed by atoms with Crippen LogP contribution in [0.4, 0.5) is 0 Å². The number of amides is 1. The van der Waals surface area contributed by atoms with Crippen LogP contribution in [0.15, 0.2) is 0 Å². The molecule has 0 bridgehead atoms. The molecule has 1 amide bonds. The molecule has 110 valence electrons. The van der Waals surface area contributed by atoms with E-state index in [-0.39, 0.29) is 17.9 Å². The maximum Gasteiger partial charge on any atom is 0.223 e. The van der Waals surface area contributed by atoms with E-state index in [1.54, 1.807) is 0 Å². The molecule has 1 aliphatic carbocycles. The number of rotatable bonds is 3. The molecular formula is C15H29N3O. The van der Waals surface area contributed by atoms with Crippen molar-refractivity contribution in [2.45, 2.75) is 57.5 Å². The minimum atomic E-state index is 0.139. The van der Waals surface area contributed by atoms with E-state index in [1.165, 1.54) is 19.3 Å². The molecule has 4 unspecified atom stereocenters. The number of carbonyl (C=O) groups excluding carboxylic acids is 1. The minimum Gasteiger partial charge on any atom is -0.354 e. The topological polar surface area (TPSA) is 58.4 Å². The first kappa shape index (κ1) is 14.8. The van der Waals surface area contributed by atoms with Gasteiger partial charge in [0.1, 0.15) is 0 Å². The number of hydrogen-bond donors (Lipinski definition) is 2. The second-order valence-corrected chi connectivity index (χ2v) is 6.53. The minimum absolute atomic E-state index is 0.139. The largest absolute Gasteiger partial charge is 0.354 e. The third kappa shape index (κ3) is 3.93. The van der Waals surface area contributed by atoms with Crippen molar-refractivity contribution in [1.82, 2.24) is 10.2 Å². The van der Waals surface area contributed by atoms with E-state index in [9.17, 15) is 4.79 Å². The first-order chi connectivity index (χ1) is 9.08. The van der Waals surface area contributed by atoms with Gasteiger partial charge >= 0.3 is 0 Å². The Morgan fingerprint density at radius 3 is 2.79 bits per heavy atom. The standard InChI is InChI=1S/C15H29N3O/c1-11-6-7-12(9-14(11)16)15(19)17-10-13-5-3-4-8-18(13)2/h11-14H,3-10,16H2,1-2H3,(H,17,19). The molecule has 1 saturated heterocycles. The molecular weight excluding hydrogens is 238 g/mol.